The van der Waals surface area contributed by atoms with E-state index in [1.165, 1.54) is 12.1 Å². The maximum Gasteiger partial charge on any atom is 0.355 e. The van der Waals surface area contributed by atoms with Crippen LogP contribution in [0.3, 0.4) is 0 Å². The average Bonchev–Trinajstić information content (AvgIpc) is 2.99. The van der Waals surface area contributed by atoms with E-state index in [2.05, 4.69) is 9.72 Å². The van der Waals surface area contributed by atoms with Crippen molar-refractivity contribution in [1.29, 1.82) is 0 Å². The molecule has 6 nitrogen and oxygen atoms in total. The van der Waals surface area contributed by atoms with Crippen molar-refractivity contribution in [2.75, 3.05) is 7.11 Å². The number of hydrogen-bond acceptors (Lipinski definition) is 5. The molecule has 1 aromatic carbocycles. The first-order valence-electron chi connectivity index (χ1n) is 7.77. The summed E-state index contributed by atoms with van der Waals surface area (Å²) in [5.74, 6) is -1.51. The van der Waals surface area contributed by atoms with Gasteiger partial charge in [0, 0.05) is 11.3 Å². The minimum atomic E-state index is -4.18. The van der Waals surface area contributed by atoms with Crippen LogP contribution in [-0.2, 0) is 14.8 Å². The fraction of sp³-hybridized carbons (Fsp3) is 0.222. The van der Waals surface area contributed by atoms with Crippen molar-refractivity contribution in [3.63, 3.8) is 0 Å². The predicted molar refractivity (Wildman–Crippen MR) is 94.3 cm³/mol. The van der Waals surface area contributed by atoms with Crippen molar-refractivity contribution >= 4 is 27.0 Å². The van der Waals surface area contributed by atoms with Crippen LogP contribution in [0, 0.1) is 26.6 Å². The van der Waals surface area contributed by atoms with E-state index in [1.807, 2.05) is 6.92 Å². The Labute approximate surface area is 150 Å². The number of halogens is 1. The van der Waals surface area contributed by atoms with Gasteiger partial charge in [0.15, 0.2) is 5.65 Å². The molecule has 0 aliphatic heterocycles. The first-order chi connectivity index (χ1) is 12.2. The number of benzene rings is 1. The maximum atomic E-state index is 14.7. The predicted octanol–water partition coefficient (Wildman–Crippen LogP) is 3.12. The number of aryl methyl sites for hydroxylation is 2. The molecule has 0 radical (unpaired) electrons. The van der Waals surface area contributed by atoms with Gasteiger partial charge in [0.1, 0.15) is 11.5 Å². The highest BCUT2D eigenvalue weighted by atomic mass is 32.2. The van der Waals surface area contributed by atoms with E-state index in [9.17, 15) is 17.6 Å². The summed E-state index contributed by atoms with van der Waals surface area (Å²) in [5, 5.41) is -0.0517. The lowest BCUT2D eigenvalue weighted by Gasteiger charge is -2.11. The van der Waals surface area contributed by atoms with Crippen LogP contribution in [0.25, 0.3) is 11.0 Å². The smallest absolute Gasteiger partial charge is 0.355 e. The van der Waals surface area contributed by atoms with E-state index in [1.54, 1.807) is 26.0 Å². The van der Waals surface area contributed by atoms with Crippen LogP contribution < -0.4 is 0 Å². The minimum absolute atomic E-state index is 0.0359. The van der Waals surface area contributed by atoms with Crippen LogP contribution in [0.15, 0.2) is 35.2 Å². The molecule has 3 aromatic rings. The molecule has 0 spiro atoms. The Bertz CT molecular complexity index is 1130. The molecule has 0 amide bonds. The lowest BCUT2D eigenvalue weighted by atomic mass is 10.2. The van der Waals surface area contributed by atoms with Gasteiger partial charge in [-0.05, 0) is 39.0 Å². The third kappa shape index (κ3) is 2.66. The van der Waals surface area contributed by atoms with E-state index in [0.717, 1.165) is 22.7 Å². The first-order valence-corrected chi connectivity index (χ1v) is 9.21. The number of carbonyl (C=O) groups excluding carboxylic acids is 1. The fourth-order valence-electron chi connectivity index (χ4n) is 2.66. The number of methoxy groups -OCH3 is 1. The number of aromatic nitrogens is 2. The largest absolute Gasteiger partial charge is 0.464 e. The third-order valence-electron chi connectivity index (χ3n) is 4.27. The number of ether oxygens (including phenoxy) is 1. The summed E-state index contributed by atoms with van der Waals surface area (Å²) in [7, 11) is -3.06. The second-order valence-electron chi connectivity index (χ2n) is 5.98. The van der Waals surface area contributed by atoms with Gasteiger partial charge in [-0.25, -0.2) is 26.6 Å². The number of nitrogens with zero attached hydrogens (tertiary/aromatic N) is 2. The number of hydrogen-bond donors (Lipinski definition) is 0. The molecule has 8 heteroatoms. The Kier molecular flexibility index (Phi) is 4.31. The standard InChI is InChI=1S/C18H17FN2O4S/c1-10-5-7-13(8-6-10)26(23,24)21-15(18(22)25-4)9-14-16(19)11(2)12(3)20-17(14)21/h5-9H,1-4H3. The van der Waals surface area contributed by atoms with Gasteiger partial charge in [0.05, 0.1) is 17.4 Å². The molecule has 0 saturated heterocycles. The van der Waals surface area contributed by atoms with Gasteiger partial charge in [-0.1, -0.05) is 17.7 Å². The second-order valence-corrected chi connectivity index (χ2v) is 7.76. The van der Waals surface area contributed by atoms with E-state index in [-0.39, 0.29) is 21.6 Å². The highest BCUT2D eigenvalue weighted by Crippen LogP contribution is 2.29. The molecule has 2 heterocycles. The molecule has 0 aliphatic carbocycles. The zero-order valence-corrected chi connectivity index (χ0v) is 15.5. The highest BCUT2D eigenvalue weighted by Gasteiger charge is 2.29. The lowest BCUT2D eigenvalue weighted by molar-refractivity contribution is 0.0593. The van der Waals surface area contributed by atoms with E-state index in [0.29, 0.717) is 11.3 Å². The van der Waals surface area contributed by atoms with Crippen LogP contribution in [0.1, 0.15) is 27.3 Å². The quantitative estimate of drug-likeness (QED) is 0.656. The summed E-state index contributed by atoms with van der Waals surface area (Å²) >= 11 is 0. The lowest BCUT2D eigenvalue weighted by Crippen LogP contribution is -2.20. The maximum absolute atomic E-state index is 14.7. The van der Waals surface area contributed by atoms with Gasteiger partial charge in [0.25, 0.3) is 10.0 Å². The highest BCUT2D eigenvalue weighted by molar-refractivity contribution is 7.90. The molecule has 0 bridgehead atoms. The minimum Gasteiger partial charge on any atom is -0.464 e. The molecule has 0 aliphatic rings. The van der Waals surface area contributed by atoms with Crippen LogP contribution in [-0.4, -0.2) is 30.5 Å². The van der Waals surface area contributed by atoms with E-state index < -0.39 is 21.8 Å². The molecule has 0 N–H and O–H groups in total. The van der Waals surface area contributed by atoms with Crippen LogP contribution in [0.5, 0.6) is 0 Å². The van der Waals surface area contributed by atoms with Crippen molar-refractivity contribution in [1.82, 2.24) is 8.96 Å². The molecular formula is C18H17FN2O4S. The summed E-state index contributed by atoms with van der Waals surface area (Å²) in [6, 6.07) is 7.28. The van der Waals surface area contributed by atoms with Crippen LogP contribution >= 0.6 is 0 Å². The van der Waals surface area contributed by atoms with Crippen LogP contribution in [0.2, 0.25) is 0 Å². The van der Waals surface area contributed by atoms with E-state index >= 15 is 0 Å². The molecule has 0 fully saturated rings. The number of carbonyl (C=O) groups is 1. The number of rotatable bonds is 3. The molecular weight excluding hydrogens is 359 g/mol. The average molecular weight is 376 g/mol. The zero-order valence-electron chi connectivity index (χ0n) is 14.7. The number of esters is 1. The second kappa shape index (κ2) is 6.21. The van der Waals surface area contributed by atoms with Crippen molar-refractivity contribution in [2.45, 2.75) is 25.7 Å². The first kappa shape index (κ1) is 18.1. The van der Waals surface area contributed by atoms with Gasteiger partial charge in [0.2, 0.25) is 0 Å². The summed E-state index contributed by atoms with van der Waals surface area (Å²) in [4.78, 5) is 16.3. The van der Waals surface area contributed by atoms with Crippen molar-refractivity contribution in [3.05, 3.63) is 58.7 Å². The van der Waals surface area contributed by atoms with Crippen molar-refractivity contribution in [3.8, 4) is 0 Å². The molecule has 26 heavy (non-hydrogen) atoms. The topological polar surface area (TPSA) is 78.3 Å². The molecule has 0 saturated carbocycles. The van der Waals surface area contributed by atoms with Crippen LogP contribution in [0.4, 0.5) is 4.39 Å². The van der Waals surface area contributed by atoms with Crippen molar-refractivity contribution in [2.24, 2.45) is 0 Å². The Morgan fingerprint density at radius 2 is 1.77 bits per heavy atom. The van der Waals surface area contributed by atoms with Gasteiger partial charge in [-0.15, -0.1) is 0 Å². The zero-order chi connectivity index (χ0) is 19.2. The van der Waals surface area contributed by atoms with Gasteiger partial charge >= 0.3 is 5.97 Å². The Morgan fingerprint density at radius 1 is 1.15 bits per heavy atom. The summed E-state index contributed by atoms with van der Waals surface area (Å²) < 4.78 is 46.4. The van der Waals surface area contributed by atoms with E-state index in [4.69, 9.17) is 0 Å². The Morgan fingerprint density at radius 3 is 2.35 bits per heavy atom. The van der Waals surface area contributed by atoms with Gasteiger partial charge < -0.3 is 4.74 Å². The summed E-state index contributed by atoms with van der Waals surface area (Å²) in [5.41, 5.74) is 1.06. The Hall–Kier alpha value is -2.74. The SMILES string of the molecule is COC(=O)c1cc2c(F)c(C)c(C)nc2n1S(=O)(=O)c1ccc(C)cc1. The monoisotopic (exact) mass is 376 g/mol. The third-order valence-corrected chi connectivity index (χ3v) is 5.99. The van der Waals surface area contributed by atoms with Gasteiger partial charge in [-0.3, -0.25) is 0 Å². The number of fused-ring (bicyclic) bond motifs is 1. The fourth-order valence-corrected chi connectivity index (χ4v) is 4.10. The normalized spacial score (nSPS) is 11.7. The number of pyridine rings is 1. The Balaban J connectivity index is 2.43. The van der Waals surface area contributed by atoms with Crippen molar-refractivity contribution < 1.29 is 22.3 Å². The summed E-state index contributed by atoms with van der Waals surface area (Å²) in [6.45, 7) is 4.94. The summed E-state index contributed by atoms with van der Waals surface area (Å²) in [6.07, 6.45) is 0. The van der Waals surface area contributed by atoms with Gasteiger partial charge in [-0.2, -0.15) is 0 Å². The molecule has 136 valence electrons. The molecule has 3 rings (SSSR count). The molecule has 2 aromatic heterocycles. The molecule has 0 unspecified atom stereocenters. The molecule has 0 atom stereocenters.